The smallest absolute Gasteiger partial charge is 0.0715 e. The highest BCUT2D eigenvalue weighted by atomic mass is 32.2. The van der Waals surface area contributed by atoms with E-state index in [0.717, 1.165) is 5.92 Å². The molecule has 2 atom stereocenters. The molecule has 0 bridgehead atoms. The second kappa shape index (κ2) is 4.01. The van der Waals surface area contributed by atoms with Crippen molar-refractivity contribution in [3.63, 3.8) is 0 Å². The third-order valence-corrected chi connectivity index (χ3v) is 4.45. The summed E-state index contributed by atoms with van der Waals surface area (Å²) < 4.78 is 0. The molecule has 0 aromatic heterocycles. The molecule has 0 spiro atoms. The van der Waals surface area contributed by atoms with Crippen molar-refractivity contribution < 1.29 is 0 Å². The van der Waals surface area contributed by atoms with Crippen LogP contribution in [0.3, 0.4) is 0 Å². The van der Waals surface area contributed by atoms with E-state index in [9.17, 15) is 0 Å². The molecule has 0 amide bonds. The van der Waals surface area contributed by atoms with E-state index in [1.54, 1.807) is 0 Å². The third-order valence-electron chi connectivity index (χ3n) is 3.01. The van der Waals surface area contributed by atoms with Crippen LogP contribution in [0.25, 0.3) is 0 Å². The number of hydrogen-bond donors (Lipinski definition) is 1. The molecule has 3 heteroatoms. The molecule has 2 unspecified atom stereocenters. The lowest BCUT2D eigenvalue weighted by atomic mass is 9.99. The highest BCUT2D eigenvalue weighted by molar-refractivity contribution is 8.14. The number of hydrogen-bond acceptors (Lipinski definition) is 3. The fourth-order valence-corrected chi connectivity index (χ4v) is 3.19. The Morgan fingerprint density at radius 3 is 2.54 bits per heavy atom. The molecule has 2 aliphatic heterocycles. The number of aliphatic imine (C=N–C) groups is 1. The molecule has 0 radical (unpaired) electrons. The van der Waals surface area contributed by atoms with E-state index in [1.807, 2.05) is 11.8 Å². The predicted molar refractivity (Wildman–Crippen MR) is 59.5 cm³/mol. The van der Waals surface area contributed by atoms with Gasteiger partial charge in [-0.15, -0.1) is 11.8 Å². The topological polar surface area (TPSA) is 24.4 Å². The SMILES string of the molecule is CC1N=C(C2CCNCC2)SC1C. The van der Waals surface area contributed by atoms with E-state index in [1.165, 1.54) is 31.0 Å². The van der Waals surface area contributed by atoms with Crippen LogP contribution in [0.2, 0.25) is 0 Å². The van der Waals surface area contributed by atoms with Crippen molar-refractivity contribution in [2.24, 2.45) is 10.9 Å². The Bertz CT molecular complexity index is 209. The van der Waals surface area contributed by atoms with Crippen molar-refractivity contribution >= 4 is 16.8 Å². The molecule has 2 rings (SSSR count). The van der Waals surface area contributed by atoms with Gasteiger partial charge in [0.2, 0.25) is 0 Å². The van der Waals surface area contributed by atoms with Crippen molar-refractivity contribution in [2.45, 2.75) is 38.0 Å². The molecule has 2 aliphatic rings. The van der Waals surface area contributed by atoms with Crippen LogP contribution in [0.1, 0.15) is 26.7 Å². The lowest BCUT2D eigenvalue weighted by Crippen LogP contribution is -2.30. The monoisotopic (exact) mass is 198 g/mol. The van der Waals surface area contributed by atoms with Crippen LogP contribution in [0, 0.1) is 5.92 Å². The zero-order valence-electron chi connectivity index (χ0n) is 8.42. The molecule has 0 saturated carbocycles. The van der Waals surface area contributed by atoms with Gasteiger partial charge in [-0.2, -0.15) is 0 Å². The first-order chi connectivity index (χ1) is 6.27. The lowest BCUT2D eigenvalue weighted by molar-refractivity contribution is 0.459. The fourth-order valence-electron chi connectivity index (χ4n) is 1.90. The first kappa shape index (κ1) is 9.53. The summed E-state index contributed by atoms with van der Waals surface area (Å²) in [5, 5.41) is 5.53. The zero-order chi connectivity index (χ0) is 9.26. The Kier molecular flexibility index (Phi) is 2.94. The van der Waals surface area contributed by atoms with Crippen molar-refractivity contribution in [3.8, 4) is 0 Å². The van der Waals surface area contributed by atoms with Gasteiger partial charge in [-0.25, -0.2) is 0 Å². The standard InChI is InChI=1S/C10H18N2S/c1-7-8(2)13-10(12-7)9-3-5-11-6-4-9/h7-9,11H,3-6H2,1-2H3. The van der Waals surface area contributed by atoms with Crippen molar-refractivity contribution in [2.75, 3.05) is 13.1 Å². The van der Waals surface area contributed by atoms with Crippen LogP contribution in [0.15, 0.2) is 4.99 Å². The van der Waals surface area contributed by atoms with Gasteiger partial charge < -0.3 is 5.32 Å². The molecule has 0 aliphatic carbocycles. The number of thioether (sulfide) groups is 1. The van der Waals surface area contributed by atoms with Gasteiger partial charge in [0.15, 0.2) is 0 Å². The third kappa shape index (κ3) is 2.08. The molecule has 1 N–H and O–H groups in total. The lowest BCUT2D eigenvalue weighted by Gasteiger charge is -2.22. The van der Waals surface area contributed by atoms with Gasteiger partial charge in [0.05, 0.1) is 11.1 Å². The summed E-state index contributed by atoms with van der Waals surface area (Å²) in [5.74, 6) is 0.763. The normalized spacial score (nSPS) is 36.3. The maximum absolute atomic E-state index is 4.74. The van der Waals surface area contributed by atoms with E-state index in [4.69, 9.17) is 4.99 Å². The Labute approximate surface area is 84.6 Å². The van der Waals surface area contributed by atoms with Crippen LogP contribution in [-0.4, -0.2) is 29.4 Å². The average Bonchev–Trinajstić information content (AvgIpc) is 2.49. The summed E-state index contributed by atoms with van der Waals surface area (Å²) in [6, 6.07) is 0.537. The summed E-state index contributed by atoms with van der Waals surface area (Å²) in [6.45, 7) is 6.86. The Balaban J connectivity index is 1.97. The maximum atomic E-state index is 4.74. The minimum atomic E-state index is 0.537. The summed E-state index contributed by atoms with van der Waals surface area (Å²) >= 11 is 2.00. The van der Waals surface area contributed by atoms with E-state index in [-0.39, 0.29) is 0 Å². The Hall–Kier alpha value is -0.0200. The van der Waals surface area contributed by atoms with Gasteiger partial charge >= 0.3 is 0 Å². The summed E-state index contributed by atoms with van der Waals surface area (Å²) in [7, 11) is 0. The minimum absolute atomic E-state index is 0.537. The van der Waals surface area contributed by atoms with Crippen LogP contribution >= 0.6 is 11.8 Å². The molecule has 74 valence electrons. The number of nitrogens with zero attached hydrogens (tertiary/aromatic N) is 1. The second-order valence-corrected chi connectivity index (χ2v) is 5.45. The molecule has 2 nitrogen and oxygen atoms in total. The molecule has 2 heterocycles. The summed E-state index contributed by atoms with van der Waals surface area (Å²) in [6.07, 6.45) is 2.57. The first-order valence-electron chi connectivity index (χ1n) is 5.22. The second-order valence-electron chi connectivity index (χ2n) is 4.06. The van der Waals surface area contributed by atoms with Crippen LogP contribution in [-0.2, 0) is 0 Å². The van der Waals surface area contributed by atoms with Gasteiger partial charge in [-0.3, -0.25) is 4.99 Å². The van der Waals surface area contributed by atoms with E-state index >= 15 is 0 Å². The summed E-state index contributed by atoms with van der Waals surface area (Å²) in [4.78, 5) is 4.74. The van der Waals surface area contributed by atoms with Crippen molar-refractivity contribution in [3.05, 3.63) is 0 Å². The Morgan fingerprint density at radius 2 is 2.00 bits per heavy atom. The summed E-state index contributed by atoms with van der Waals surface area (Å²) in [5.41, 5.74) is 0. The van der Waals surface area contributed by atoms with Gasteiger partial charge in [0.25, 0.3) is 0 Å². The molecule has 0 aromatic carbocycles. The largest absolute Gasteiger partial charge is 0.317 e. The molecular weight excluding hydrogens is 180 g/mol. The van der Waals surface area contributed by atoms with Gasteiger partial charge in [-0.1, -0.05) is 6.92 Å². The molecule has 1 saturated heterocycles. The zero-order valence-corrected chi connectivity index (χ0v) is 9.23. The Morgan fingerprint density at radius 1 is 1.31 bits per heavy atom. The van der Waals surface area contributed by atoms with E-state index in [2.05, 4.69) is 19.2 Å². The first-order valence-corrected chi connectivity index (χ1v) is 6.10. The molecular formula is C10H18N2S. The highest BCUT2D eigenvalue weighted by Crippen LogP contribution is 2.32. The maximum Gasteiger partial charge on any atom is 0.0715 e. The average molecular weight is 198 g/mol. The van der Waals surface area contributed by atoms with Crippen LogP contribution in [0.5, 0.6) is 0 Å². The predicted octanol–water partition coefficient (Wildman–Crippen LogP) is 1.91. The van der Waals surface area contributed by atoms with Crippen molar-refractivity contribution in [1.29, 1.82) is 0 Å². The molecule has 0 aromatic rings. The van der Waals surface area contributed by atoms with E-state index < -0.39 is 0 Å². The van der Waals surface area contributed by atoms with Crippen LogP contribution in [0.4, 0.5) is 0 Å². The number of nitrogens with one attached hydrogen (secondary N) is 1. The molecule has 1 fully saturated rings. The van der Waals surface area contributed by atoms with Crippen molar-refractivity contribution in [1.82, 2.24) is 5.32 Å². The number of piperidine rings is 1. The minimum Gasteiger partial charge on any atom is -0.317 e. The quantitative estimate of drug-likeness (QED) is 0.696. The molecule has 13 heavy (non-hydrogen) atoms. The number of rotatable bonds is 1. The highest BCUT2D eigenvalue weighted by Gasteiger charge is 2.28. The van der Waals surface area contributed by atoms with Gasteiger partial charge in [0, 0.05) is 11.2 Å². The van der Waals surface area contributed by atoms with Gasteiger partial charge in [0.1, 0.15) is 0 Å². The van der Waals surface area contributed by atoms with Crippen LogP contribution < -0.4 is 5.32 Å². The van der Waals surface area contributed by atoms with Gasteiger partial charge in [-0.05, 0) is 32.9 Å². The van der Waals surface area contributed by atoms with E-state index in [0.29, 0.717) is 11.3 Å². The fraction of sp³-hybridized carbons (Fsp3) is 0.900.